The van der Waals surface area contributed by atoms with Crippen LogP contribution in [0.3, 0.4) is 0 Å². The maximum atomic E-state index is 14.3. The molecule has 0 bridgehead atoms. The molecule has 4 nitrogen and oxygen atoms in total. The van der Waals surface area contributed by atoms with E-state index in [2.05, 4.69) is 5.32 Å². The summed E-state index contributed by atoms with van der Waals surface area (Å²) in [4.78, 5) is 11.2. The first-order chi connectivity index (χ1) is 17.3. The number of halogens is 6. The van der Waals surface area contributed by atoms with Gasteiger partial charge in [0.15, 0.2) is 0 Å². The van der Waals surface area contributed by atoms with Crippen molar-refractivity contribution < 1.29 is 41.0 Å². The Morgan fingerprint density at radius 3 is 2.16 bits per heavy atom. The summed E-state index contributed by atoms with van der Waals surface area (Å²) >= 11 is 0. The van der Waals surface area contributed by atoms with Gasteiger partial charge in [-0.25, -0.2) is 0 Å². The Hall–Kier alpha value is -2.23. The van der Waals surface area contributed by atoms with E-state index in [1.807, 2.05) is 13.0 Å². The lowest BCUT2D eigenvalue weighted by Crippen LogP contribution is -2.41. The Morgan fingerprint density at radius 2 is 1.59 bits per heavy atom. The first-order valence-electron chi connectivity index (χ1n) is 12.9. The van der Waals surface area contributed by atoms with Crippen LogP contribution in [0.1, 0.15) is 58.3 Å². The number of aliphatic carboxylic acids is 1. The van der Waals surface area contributed by atoms with Crippen LogP contribution in [0.15, 0.2) is 47.3 Å². The van der Waals surface area contributed by atoms with Gasteiger partial charge in [-0.2, -0.15) is 26.3 Å². The lowest BCUT2D eigenvalue weighted by molar-refractivity contribution is -0.186. The molecular formula is C27H33F6NO3. The molecule has 0 aromatic carbocycles. The number of allylic oxidation sites excluding steroid dienone is 5. The molecule has 0 aromatic rings. The van der Waals surface area contributed by atoms with Crippen LogP contribution < -0.4 is 5.32 Å². The van der Waals surface area contributed by atoms with Crippen LogP contribution in [0.2, 0.25) is 0 Å². The second-order valence-corrected chi connectivity index (χ2v) is 10.7. The smallest absolute Gasteiger partial charge is 0.416 e. The predicted molar refractivity (Wildman–Crippen MR) is 125 cm³/mol. The van der Waals surface area contributed by atoms with Gasteiger partial charge in [-0.3, -0.25) is 4.79 Å². The van der Waals surface area contributed by atoms with Gasteiger partial charge in [0.25, 0.3) is 0 Å². The highest BCUT2D eigenvalue weighted by Crippen LogP contribution is 2.46. The van der Waals surface area contributed by atoms with E-state index < -0.39 is 47.8 Å². The van der Waals surface area contributed by atoms with Crippen molar-refractivity contribution in [2.24, 2.45) is 23.7 Å². The summed E-state index contributed by atoms with van der Waals surface area (Å²) < 4.78 is 87.6. The molecule has 2 saturated carbocycles. The van der Waals surface area contributed by atoms with Crippen molar-refractivity contribution in [3.05, 3.63) is 47.3 Å². The highest BCUT2D eigenvalue weighted by molar-refractivity contribution is 5.70. The average molecular weight is 534 g/mol. The van der Waals surface area contributed by atoms with Crippen LogP contribution in [0, 0.1) is 23.7 Å². The molecule has 4 rings (SSSR count). The fourth-order valence-corrected chi connectivity index (χ4v) is 5.99. The third-order valence-corrected chi connectivity index (χ3v) is 8.16. The van der Waals surface area contributed by atoms with Gasteiger partial charge in [-0.05, 0) is 69.9 Å². The Balaban J connectivity index is 1.47. The monoisotopic (exact) mass is 533 g/mol. The number of ether oxygens (including phenoxy) is 1. The number of carboxylic acids is 1. The number of hydrogen-bond donors (Lipinski definition) is 2. The average Bonchev–Trinajstić information content (AvgIpc) is 2.82. The minimum Gasteiger partial charge on any atom is -0.490 e. The maximum absolute atomic E-state index is 14.3. The lowest BCUT2D eigenvalue weighted by atomic mass is 9.76. The van der Waals surface area contributed by atoms with Gasteiger partial charge in [-0.1, -0.05) is 24.3 Å². The van der Waals surface area contributed by atoms with E-state index in [1.54, 1.807) is 18.2 Å². The first kappa shape index (κ1) is 27.8. The molecule has 4 aliphatic carbocycles. The number of rotatable bonds is 6. The van der Waals surface area contributed by atoms with E-state index in [9.17, 15) is 36.2 Å². The number of nitrogens with one attached hydrogen (secondary N) is 1. The minimum absolute atomic E-state index is 0.0623. The van der Waals surface area contributed by atoms with Gasteiger partial charge in [0.1, 0.15) is 5.76 Å². The predicted octanol–water partition coefficient (Wildman–Crippen LogP) is 6.86. The molecule has 0 spiro atoms. The number of carbonyl (C=O) groups is 1. The molecule has 10 heteroatoms. The van der Waals surface area contributed by atoms with Gasteiger partial charge < -0.3 is 15.2 Å². The van der Waals surface area contributed by atoms with Crippen molar-refractivity contribution in [1.29, 1.82) is 0 Å². The summed E-state index contributed by atoms with van der Waals surface area (Å²) in [5.41, 5.74) is -0.0855. The van der Waals surface area contributed by atoms with Gasteiger partial charge in [-0.15, -0.1) is 0 Å². The summed E-state index contributed by atoms with van der Waals surface area (Å²) in [7, 11) is 0. The molecule has 0 radical (unpaired) electrons. The van der Waals surface area contributed by atoms with Crippen molar-refractivity contribution in [3.63, 3.8) is 0 Å². The molecule has 206 valence electrons. The zero-order valence-corrected chi connectivity index (χ0v) is 20.6. The molecule has 4 aliphatic rings. The lowest BCUT2D eigenvalue weighted by Gasteiger charge is -2.36. The topological polar surface area (TPSA) is 58.6 Å². The van der Waals surface area contributed by atoms with Crippen LogP contribution in [-0.4, -0.2) is 41.6 Å². The largest absolute Gasteiger partial charge is 0.490 e. The van der Waals surface area contributed by atoms with Crippen molar-refractivity contribution >= 4 is 5.97 Å². The fraction of sp³-hybridized carbons (Fsp3) is 0.667. The SMILES string of the molecule is CC(N[C@H]1CC[C@H](C(=O)O)CC1)C1=CC2C(C(F)(F)F)=C(O[C@H]3CC[C@@H](C(F)(F)F)CC3)C=CC2C=C1. The molecule has 0 heterocycles. The number of alkyl halides is 6. The molecule has 0 aromatic heterocycles. The third kappa shape index (κ3) is 6.62. The quantitative estimate of drug-likeness (QED) is 0.366. The summed E-state index contributed by atoms with van der Waals surface area (Å²) in [6, 6.07) is -0.141. The highest BCUT2D eigenvalue weighted by Gasteiger charge is 2.46. The molecule has 3 unspecified atom stereocenters. The Morgan fingerprint density at radius 1 is 0.973 bits per heavy atom. The van der Waals surface area contributed by atoms with E-state index in [-0.39, 0.29) is 49.4 Å². The molecule has 0 amide bonds. The van der Waals surface area contributed by atoms with Crippen molar-refractivity contribution in [2.45, 2.75) is 88.8 Å². The fourth-order valence-electron chi connectivity index (χ4n) is 5.99. The summed E-state index contributed by atoms with van der Waals surface area (Å²) in [5, 5.41) is 12.6. The second-order valence-electron chi connectivity index (χ2n) is 10.7. The van der Waals surface area contributed by atoms with Crippen LogP contribution >= 0.6 is 0 Å². The minimum atomic E-state index is -4.66. The van der Waals surface area contributed by atoms with Crippen molar-refractivity contribution in [1.82, 2.24) is 5.32 Å². The number of carboxylic acid groups (broad SMARTS) is 1. The highest BCUT2D eigenvalue weighted by atomic mass is 19.4. The standard InChI is InChI=1S/C27H33F6NO3/c1-15(34-20-9-4-17(5-10-20)25(35)36)18-3-2-16-6-13-23(24(22(16)14-18)27(31,32)33)37-21-11-7-19(8-12-21)26(28,29)30/h2-3,6,13-17,19-22,34H,4-5,7-12H2,1H3,(H,35,36)/t15?,16?,17-,19-,20-,21+,22?. The Bertz CT molecular complexity index is 964. The zero-order valence-electron chi connectivity index (χ0n) is 20.6. The molecule has 37 heavy (non-hydrogen) atoms. The van der Waals surface area contributed by atoms with Crippen LogP contribution in [0.5, 0.6) is 0 Å². The van der Waals surface area contributed by atoms with Crippen molar-refractivity contribution in [3.8, 4) is 0 Å². The summed E-state index contributed by atoms with van der Waals surface area (Å²) in [5.74, 6) is -4.36. The van der Waals surface area contributed by atoms with Gasteiger partial charge in [0.05, 0.1) is 23.5 Å². The number of hydrogen-bond acceptors (Lipinski definition) is 3. The molecule has 2 fully saturated rings. The van der Waals surface area contributed by atoms with Gasteiger partial charge >= 0.3 is 18.3 Å². The van der Waals surface area contributed by atoms with Gasteiger partial charge in [0.2, 0.25) is 0 Å². The third-order valence-electron chi connectivity index (χ3n) is 8.16. The van der Waals surface area contributed by atoms with E-state index in [0.717, 1.165) is 0 Å². The molecule has 0 saturated heterocycles. The van der Waals surface area contributed by atoms with Crippen LogP contribution in [-0.2, 0) is 9.53 Å². The maximum Gasteiger partial charge on any atom is 0.416 e. The first-order valence-corrected chi connectivity index (χ1v) is 12.9. The van der Waals surface area contributed by atoms with E-state index >= 15 is 0 Å². The molecule has 2 N–H and O–H groups in total. The van der Waals surface area contributed by atoms with Crippen LogP contribution in [0.4, 0.5) is 26.3 Å². The molecule has 3 atom stereocenters. The van der Waals surface area contributed by atoms with E-state index in [1.165, 1.54) is 6.08 Å². The summed E-state index contributed by atoms with van der Waals surface area (Å²) in [6.45, 7) is 1.88. The van der Waals surface area contributed by atoms with E-state index in [0.29, 0.717) is 31.3 Å². The Labute approximate surface area is 212 Å². The molecule has 0 aliphatic heterocycles. The van der Waals surface area contributed by atoms with Gasteiger partial charge in [0, 0.05) is 23.9 Å². The summed E-state index contributed by atoms with van der Waals surface area (Å²) in [6.07, 6.45) is 0.843. The normalized spacial score (nSPS) is 33.5. The number of fused-ring (bicyclic) bond motifs is 1. The second kappa shape index (κ2) is 10.9. The molecular weight excluding hydrogens is 500 g/mol. The Kier molecular flexibility index (Phi) is 8.16. The van der Waals surface area contributed by atoms with E-state index in [4.69, 9.17) is 4.74 Å². The van der Waals surface area contributed by atoms with Crippen LogP contribution in [0.25, 0.3) is 0 Å². The van der Waals surface area contributed by atoms with Crippen molar-refractivity contribution in [2.75, 3.05) is 0 Å². The zero-order chi connectivity index (χ0) is 27.0.